The van der Waals surface area contributed by atoms with Crippen molar-refractivity contribution in [1.82, 2.24) is 9.97 Å². The number of nitrogen functional groups attached to an aromatic ring is 1. The van der Waals surface area contributed by atoms with Crippen LogP contribution in [-0.2, 0) is 4.79 Å². The number of pyridine rings is 2. The Labute approximate surface area is 169 Å². The number of anilines is 1. The molecule has 0 bridgehead atoms. The third-order valence-corrected chi connectivity index (χ3v) is 4.59. The van der Waals surface area contributed by atoms with Crippen LogP contribution >= 0.6 is 0 Å². The molecule has 28 heavy (non-hydrogen) atoms. The quantitative estimate of drug-likeness (QED) is 0.473. The molecule has 0 saturated carbocycles. The maximum absolute atomic E-state index is 12.3. The summed E-state index contributed by atoms with van der Waals surface area (Å²) < 4.78 is 0. The van der Waals surface area contributed by atoms with Gasteiger partial charge in [0.1, 0.15) is 5.82 Å². The molecule has 0 radical (unpaired) electrons. The number of hydrogen-bond donors (Lipinski definition) is 1. The van der Waals surface area contributed by atoms with Crippen LogP contribution in [0.25, 0.3) is 16.3 Å². The van der Waals surface area contributed by atoms with E-state index in [9.17, 15) is 4.79 Å². The third kappa shape index (κ3) is 5.62. The molecular weight excluding hydrogens is 346 g/mol. The Morgan fingerprint density at radius 3 is 2.21 bits per heavy atom. The summed E-state index contributed by atoms with van der Waals surface area (Å²) in [6, 6.07) is 3.82. The molecule has 0 aliphatic heterocycles. The molecule has 2 rings (SSSR count). The van der Waals surface area contributed by atoms with Gasteiger partial charge >= 0.3 is 0 Å². The summed E-state index contributed by atoms with van der Waals surface area (Å²) in [5, 5.41) is 1.95. The maximum Gasteiger partial charge on any atom is 0.162 e. The van der Waals surface area contributed by atoms with Gasteiger partial charge in [0.2, 0.25) is 0 Å². The van der Waals surface area contributed by atoms with Crippen molar-refractivity contribution in [3.8, 4) is 0 Å². The van der Waals surface area contributed by atoms with E-state index in [2.05, 4.69) is 16.9 Å². The zero-order chi connectivity index (χ0) is 21.3. The second-order valence-corrected chi connectivity index (χ2v) is 6.38. The zero-order valence-corrected chi connectivity index (χ0v) is 18.3. The van der Waals surface area contributed by atoms with Crippen LogP contribution in [0.5, 0.6) is 0 Å². The number of hydrogen-bond acceptors (Lipinski definition) is 4. The number of carbonyl (C=O) groups excluding carboxylic acids is 1. The fraction of sp³-hybridized carbons (Fsp3) is 0.375. The molecule has 0 saturated heterocycles. The Kier molecular flexibility index (Phi) is 9.29. The number of Topliss-reactive ketones (excluding diaryl/α,β-unsaturated/α-hetero) is 1. The summed E-state index contributed by atoms with van der Waals surface area (Å²) in [5.41, 5.74) is 10.5. The predicted molar refractivity (Wildman–Crippen MR) is 121 cm³/mol. The first-order valence-corrected chi connectivity index (χ1v) is 10.0. The molecule has 0 aliphatic carbocycles. The first-order valence-electron chi connectivity index (χ1n) is 10.0. The van der Waals surface area contributed by atoms with Crippen LogP contribution in [0.1, 0.15) is 67.0 Å². The lowest BCUT2D eigenvalue weighted by molar-refractivity contribution is -0.115. The highest BCUT2D eigenvalue weighted by atomic mass is 16.1. The molecule has 4 nitrogen and oxygen atoms in total. The van der Waals surface area contributed by atoms with Crippen molar-refractivity contribution < 1.29 is 4.79 Å². The molecule has 0 aliphatic rings. The highest BCUT2D eigenvalue weighted by molar-refractivity contribution is 5.99. The van der Waals surface area contributed by atoms with Gasteiger partial charge in [-0.2, -0.15) is 0 Å². The summed E-state index contributed by atoms with van der Waals surface area (Å²) in [6.45, 7) is 14.0. The van der Waals surface area contributed by atoms with E-state index in [0.717, 1.165) is 45.2 Å². The van der Waals surface area contributed by atoms with Gasteiger partial charge in [0.15, 0.2) is 5.78 Å². The standard InChI is InChI=1S/C22H27N3O.C2H6/c1-6-14(4)19(21(26)8-3)9-15(5)18(7-2)20-10-16-13-25-22(23)11-17(16)12-24-20;1-2/h7,9-13H,6,8H2,1-5H3,(H2,23,25);1-2H3/b15-9-,18-7+,19-14-;. The largest absolute Gasteiger partial charge is 0.384 e. The molecule has 2 N–H and O–H groups in total. The number of carbonyl (C=O) groups is 1. The summed E-state index contributed by atoms with van der Waals surface area (Å²) >= 11 is 0. The van der Waals surface area contributed by atoms with Crippen LogP contribution in [0.3, 0.4) is 0 Å². The summed E-state index contributed by atoms with van der Waals surface area (Å²) in [6.07, 6.45) is 8.95. The molecule has 2 aromatic rings. The Hall–Kier alpha value is -2.75. The zero-order valence-electron chi connectivity index (χ0n) is 18.3. The number of rotatable bonds is 6. The van der Waals surface area contributed by atoms with Gasteiger partial charge in [-0.1, -0.05) is 39.3 Å². The van der Waals surface area contributed by atoms with E-state index in [-0.39, 0.29) is 5.78 Å². The van der Waals surface area contributed by atoms with E-state index in [1.54, 1.807) is 6.20 Å². The van der Waals surface area contributed by atoms with Crippen molar-refractivity contribution in [1.29, 1.82) is 0 Å². The molecule has 2 aromatic heterocycles. The normalized spacial score (nSPS) is 13.0. The molecule has 0 spiro atoms. The number of nitrogens with two attached hydrogens (primary N) is 1. The second kappa shape index (κ2) is 11.2. The van der Waals surface area contributed by atoms with Gasteiger partial charge in [-0.15, -0.1) is 0 Å². The topological polar surface area (TPSA) is 68.9 Å². The molecule has 0 fully saturated rings. The molecular formula is C24H33N3O. The van der Waals surface area contributed by atoms with Crippen molar-refractivity contribution >= 4 is 27.9 Å². The Morgan fingerprint density at radius 1 is 1.04 bits per heavy atom. The fourth-order valence-electron chi connectivity index (χ4n) is 2.90. The van der Waals surface area contributed by atoms with Crippen LogP contribution in [-0.4, -0.2) is 15.8 Å². The average Bonchev–Trinajstić information content (AvgIpc) is 2.72. The maximum atomic E-state index is 12.3. The summed E-state index contributed by atoms with van der Waals surface area (Å²) in [7, 11) is 0. The van der Waals surface area contributed by atoms with Crippen molar-refractivity contribution in [2.24, 2.45) is 0 Å². The SMILES string of the molecule is CC.C\C=C(/C(C)=C\C(C(=O)CC)=C(/C)CC)c1cc2cnc(N)cc2cn1. The van der Waals surface area contributed by atoms with Crippen LogP contribution in [0.15, 0.2) is 53.4 Å². The van der Waals surface area contributed by atoms with Crippen LogP contribution in [0, 0.1) is 0 Å². The minimum atomic E-state index is 0.172. The van der Waals surface area contributed by atoms with E-state index >= 15 is 0 Å². The number of nitrogens with zero attached hydrogens (tertiary/aromatic N) is 2. The summed E-state index contributed by atoms with van der Waals surface area (Å²) in [4.78, 5) is 21.1. The van der Waals surface area contributed by atoms with E-state index in [0.29, 0.717) is 12.2 Å². The molecule has 0 unspecified atom stereocenters. The van der Waals surface area contributed by atoms with Crippen molar-refractivity contribution in [3.05, 3.63) is 59.1 Å². The van der Waals surface area contributed by atoms with E-state index in [1.807, 2.05) is 72.0 Å². The van der Waals surface area contributed by atoms with Crippen molar-refractivity contribution in [2.45, 2.75) is 61.3 Å². The molecule has 0 amide bonds. The van der Waals surface area contributed by atoms with Crippen LogP contribution in [0.4, 0.5) is 5.82 Å². The fourth-order valence-corrected chi connectivity index (χ4v) is 2.90. The lowest BCUT2D eigenvalue weighted by Gasteiger charge is -2.11. The smallest absolute Gasteiger partial charge is 0.162 e. The molecule has 0 atom stereocenters. The average molecular weight is 380 g/mol. The monoisotopic (exact) mass is 379 g/mol. The first kappa shape index (κ1) is 23.3. The predicted octanol–water partition coefficient (Wildman–Crippen LogP) is 6.29. The molecule has 4 heteroatoms. The Morgan fingerprint density at radius 2 is 1.64 bits per heavy atom. The van der Waals surface area contributed by atoms with Gasteiger partial charge in [-0.3, -0.25) is 9.78 Å². The molecule has 0 aromatic carbocycles. The summed E-state index contributed by atoms with van der Waals surface area (Å²) in [5.74, 6) is 0.655. The lowest BCUT2D eigenvalue weighted by Crippen LogP contribution is -2.02. The van der Waals surface area contributed by atoms with E-state index in [4.69, 9.17) is 5.73 Å². The van der Waals surface area contributed by atoms with Gasteiger partial charge in [0.25, 0.3) is 0 Å². The van der Waals surface area contributed by atoms with Crippen molar-refractivity contribution in [3.63, 3.8) is 0 Å². The number of fused-ring (bicyclic) bond motifs is 1. The van der Waals surface area contributed by atoms with Gasteiger partial charge < -0.3 is 5.73 Å². The lowest BCUT2D eigenvalue weighted by atomic mass is 9.95. The van der Waals surface area contributed by atoms with Crippen LogP contribution in [0.2, 0.25) is 0 Å². The van der Waals surface area contributed by atoms with Crippen LogP contribution < -0.4 is 5.73 Å². The van der Waals surface area contributed by atoms with Gasteiger partial charge in [-0.05, 0) is 56.5 Å². The van der Waals surface area contributed by atoms with E-state index in [1.165, 1.54) is 0 Å². The van der Waals surface area contributed by atoms with E-state index < -0.39 is 0 Å². The number of aromatic nitrogens is 2. The minimum absolute atomic E-state index is 0.172. The highest BCUT2D eigenvalue weighted by Crippen LogP contribution is 2.26. The third-order valence-electron chi connectivity index (χ3n) is 4.59. The first-order chi connectivity index (χ1) is 13.4. The highest BCUT2D eigenvalue weighted by Gasteiger charge is 2.12. The Balaban J connectivity index is 0.00000190. The number of allylic oxidation sites excluding steroid dienone is 6. The molecule has 2 heterocycles. The Bertz CT molecular complexity index is 921. The van der Waals surface area contributed by atoms with Gasteiger partial charge in [-0.25, -0.2) is 4.98 Å². The van der Waals surface area contributed by atoms with Gasteiger partial charge in [0.05, 0.1) is 5.69 Å². The van der Waals surface area contributed by atoms with Gasteiger partial charge in [0, 0.05) is 35.2 Å². The minimum Gasteiger partial charge on any atom is -0.384 e. The molecule has 150 valence electrons. The number of ketones is 1. The second-order valence-electron chi connectivity index (χ2n) is 6.38. The van der Waals surface area contributed by atoms with Crippen molar-refractivity contribution in [2.75, 3.05) is 5.73 Å².